The quantitative estimate of drug-likeness (QED) is 0.177. The Balaban J connectivity index is 1.53. The van der Waals surface area contributed by atoms with Crippen LogP contribution in [0.4, 0.5) is 22.0 Å². The van der Waals surface area contributed by atoms with E-state index in [1.807, 2.05) is 12.1 Å². The molecule has 0 unspecified atom stereocenters. The fraction of sp³-hybridized carbons (Fsp3) is 0.333. The minimum atomic E-state index is -4.65. The van der Waals surface area contributed by atoms with E-state index in [0.717, 1.165) is 29.7 Å². The number of alkyl halides is 3. The number of allylic oxidation sites excluding steroid dienone is 1. The van der Waals surface area contributed by atoms with E-state index in [2.05, 4.69) is 31.2 Å². The van der Waals surface area contributed by atoms with Crippen LogP contribution in [0.15, 0.2) is 66.7 Å². The number of halogens is 5. The summed E-state index contributed by atoms with van der Waals surface area (Å²) < 4.78 is 70.7. The minimum absolute atomic E-state index is 0.121. The Morgan fingerprint density at radius 3 is 1.86 bits per heavy atom. The van der Waals surface area contributed by atoms with Crippen LogP contribution in [0, 0.1) is 11.6 Å². The molecule has 0 N–H and O–H groups in total. The third kappa shape index (κ3) is 8.81. The molecule has 0 aliphatic rings. The third-order valence-corrected chi connectivity index (χ3v) is 5.94. The SMILES string of the molecule is CCCCCCCCc1ccc(-c2ccc(OCc3cc(F)c(C=CC(F)(F)F)c(F)c3)cc2)cc1. The molecule has 0 saturated heterocycles. The number of hydrogen-bond donors (Lipinski definition) is 0. The molecule has 0 heterocycles. The molecule has 3 aromatic carbocycles. The summed E-state index contributed by atoms with van der Waals surface area (Å²) in [7, 11) is 0. The number of benzene rings is 3. The van der Waals surface area contributed by atoms with Crippen LogP contribution in [-0.4, -0.2) is 6.18 Å². The smallest absolute Gasteiger partial charge is 0.409 e. The molecule has 0 bridgehead atoms. The molecule has 0 aliphatic heterocycles. The van der Waals surface area contributed by atoms with Gasteiger partial charge in [0.15, 0.2) is 0 Å². The van der Waals surface area contributed by atoms with Crippen molar-refractivity contribution in [3.8, 4) is 16.9 Å². The molecule has 6 heteroatoms. The molecule has 0 fully saturated rings. The van der Waals surface area contributed by atoms with Crippen LogP contribution in [-0.2, 0) is 13.0 Å². The molecular formula is C30H31F5O. The fourth-order valence-corrected chi connectivity index (χ4v) is 3.94. The fourth-order valence-electron chi connectivity index (χ4n) is 3.94. The van der Waals surface area contributed by atoms with Crippen LogP contribution in [0.25, 0.3) is 17.2 Å². The summed E-state index contributed by atoms with van der Waals surface area (Å²) in [6, 6.07) is 17.8. The second kappa shape index (κ2) is 13.2. The van der Waals surface area contributed by atoms with E-state index in [1.54, 1.807) is 12.1 Å². The maximum Gasteiger partial charge on any atom is 0.409 e. The number of ether oxygens (including phenoxy) is 1. The first kappa shape index (κ1) is 27.4. The third-order valence-electron chi connectivity index (χ3n) is 5.94. The van der Waals surface area contributed by atoms with E-state index < -0.39 is 23.4 Å². The van der Waals surface area contributed by atoms with Gasteiger partial charge in [-0.25, -0.2) is 8.78 Å². The van der Waals surface area contributed by atoms with E-state index in [9.17, 15) is 22.0 Å². The van der Waals surface area contributed by atoms with Crippen molar-refractivity contribution < 1.29 is 26.7 Å². The van der Waals surface area contributed by atoms with Crippen molar-refractivity contribution in [3.63, 3.8) is 0 Å². The lowest BCUT2D eigenvalue weighted by Gasteiger charge is -2.10. The van der Waals surface area contributed by atoms with Gasteiger partial charge in [0.2, 0.25) is 0 Å². The lowest BCUT2D eigenvalue weighted by molar-refractivity contribution is -0.0790. The summed E-state index contributed by atoms with van der Waals surface area (Å²) in [5, 5.41) is 0. The van der Waals surface area contributed by atoms with Crippen LogP contribution >= 0.6 is 0 Å². The van der Waals surface area contributed by atoms with Crippen molar-refractivity contribution in [1.29, 1.82) is 0 Å². The van der Waals surface area contributed by atoms with E-state index in [4.69, 9.17) is 4.74 Å². The highest BCUT2D eigenvalue weighted by Gasteiger charge is 2.22. The van der Waals surface area contributed by atoms with Gasteiger partial charge in [-0.05, 0) is 65.4 Å². The second-order valence-electron chi connectivity index (χ2n) is 8.88. The molecule has 0 aromatic heterocycles. The zero-order valence-electron chi connectivity index (χ0n) is 20.4. The number of hydrogen-bond acceptors (Lipinski definition) is 1. The maximum atomic E-state index is 14.1. The molecule has 1 nitrogen and oxygen atoms in total. The highest BCUT2D eigenvalue weighted by molar-refractivity contribution is 5.64. The zero-order valence-corrected chi connectivity index (χ0v) is 20.4. The van der Waals surface area contributed by atoms with Gasteiger partial charge < -0.3 is 4.74 Å². The molecule has 36 heavy (non-hydrogen) atoms. The molecule has 0 amide bonds. The van der Waals surface area contributed by atoms with Gasteiger partial charge in [-0.3, -0.25) is 0 Å². The Labute approximate surface area is 209 Å². The van der Waals surface area contributed by atoms with Gasteiger partial charge in [0, 0.05) is 11.6 Å². The van der Waals surface area contributed by atoms with Crippen molar-refractivity contribution in [2.75, 3.05) is 0 Å². The first-order valence-electron chi connectivity index (χ1n) is 12.3. The predicted molar refractivity (Wildman–Crippen MR) is 135 cm³/mol. The number of unbranched alkanes of at least 4 members (excludes halogenated alkanes) is 5. The van der Waals surface area contributed by atoms with Crippen LogP contribution in [0.2, 0.25) is 0 Å². The standard InChI is InChI=1S/C30H31F5O/c1-2-3-4-5-6-7-8-22-9-11-24(12-10-22)25-13-15-26(16-14-25)36-21-23-19-28(31)27(29(32)20-23)17-18-30(33,34)35/h9-20H,2-8,21H2,1H3. The van der Waals surface area contributed by atoms with Gasteiger partial charge in [-0.2, -0.15) is 13.2 Å². The minimum Gasteiger partial charge on any atom is -0.489 e. The van der Waals surface area contributed by atoms with Crippen molar-refractivity contribution in [3.05, 3.63) is 95.1 Å². The van der Waals surface area contributed by atoms with E-state index in [1.165, 1.54) is 44.1 Å². The molecule has 3 rings (SSSR count). The molecule has 3 aromatic rings. The first-order chi connectivity index (χ1) is 17.2. The highest BCUT2D eigenvalue weighted by Crippen LogP contribution is 2.25. The monoisotopic (exact) mass is 502 g/mol. The summed E-state index contributed by atoms with van der Waals surface area (Å²) in [4.78, 5) is 0. The molecule has 192 valence electrons. The van der Waals surface area contributed by atoms with Crippen molar-refractivity contribution in [2.45, 2.75) is 64.7 Å². The maximum absolute atomic E-state index is 14.1. The van der Waals surface area contributed by atoms with Crippen LogP contribution in [0.3, 0.4) is 0 Å². The Morgan fingerprint density at radius 2 is 1.28 bits per heavy atom. The van der Waals surface area contributed by atoms with E-state index >= 15 is 0 Å². The average molecular weight is 503 g/mol. The summed E-state index contributed by atoms with van der Waals surface area (Å²) in [5.41, 5.74) is 2.87. The summed E-state index contributed by atoms with van der Waals surface area (Å²) >= 11 is 0. The van der Waals surface area contributed by atoms with Crippen LogP contribution in [0.1, 0.15) is 62.1 Å². The van der Waals surface area contributed by atoms with Gasteiger partial charge in [0.25, 0.3) is 0 Å². The lowest BCUT2D eigenvalue weighted by atomic mass is 10.0. The largest absolute Gasteiger partial charge is 0.489 e. The predicted octanol–water partition coefficient (Wildman–Crippen LogP) is 9.69. The summed E-state index contributed by atoms with van der Waals surface area (Å²) in [6.07, 6.45) is 4.28. The Morgan fingerprint density at radius 1 is 0.722 bits per heavy atom. The highest BCUT2D eigenvalue weighted by atomic mass is 19.4. The van der Waals surface area contributed by atoms with E-state index in [-0.39, 0.29) is 18.2 Å². The average Bonchev–Trinajstić information content (AvgIpc) is 2.84. The summed E-state index contributed by atoms with van der Waals surface area (Å²) in [5.74, 6) is -1.64. The van der Waals surface area contributed by atoms with Crippen LogP contribution in [0.5, 0.6) is 5.75 Å². The Kier molecular flexibility index (Phi) is 10.1. The van der Waals surface area contributed by atoms with Crippen molar-refractivity contribution in [2.24, 2.45) is 0 Å². The van der Waals surface area contributed by atoms with Gasteiger partial charge in [-0.15, -0.1) is 0 Å². The first-order valence-corrected chi connectivity index (χ1v) is 12.3. The molecule has 0 saturated carbocycles. The zero-order chi connectivity index (χ0) is 26.0. The number of aryl methyl sites for hydroxylation is 1. The molecule has 0 spiro atoms. The molecular weight excluding hydrogens is 471 g/mol. The van der Waals surface area contributed by atoms with Crippen molar-refractivity contribution in [1.82, 2.24) is 0 Å². The van der Waals surface area contributed by atoms with E-state index in [0.29, 0.717) is 11.8 Å². The Hall–Kier alpha value is -3.15. The Bertz CT molecular complexity index is 1090. The van der Waals surface area contributed by atoms with Crippen LogP contribution < -0.4 is 4.74 Å². The number of rotatable bonds is 12. The van der Waals surface area contributed by atoms with Gasteiger partial charge in [0.1, 0.15) is 24.0 Å². The van der Waals surface area contributed by atoms with Gasteiger partial charge >= 0.3 is 6.18 Å². The molecule has 0 radical (unpaired) electrons. The van der Waals surface area contributed by atoms with Crippen molar-refractivity contribution >= 4 is 6.08 Å². The lowest BCUT2D eigenvalue weighted by Crippen LogP contribution is -2.02. The van der Waals surface area contributed by atoms with Gasteiger partial charge in [0.05, 0.1) is 0 Å². The topological polar surface area (TPSA) is 9.23 Å². The molecule has 0 atom stereocenters. The normalized spacial score (nSPS) is 11.8. The van der Waals surface area contributed by atoms with Gasteiger partial charge in [-0.1, -0.05) is 75.4 Å². The molecule has 0 aliphatic carbocycles. The summed E-state index contributed by atoms with van der Waals surface area (Å²) in [6.45, 7) is 2.10. The second-order valence-corrected chi connectivity index (χ2v) is 8.88.